The molecule has 0 atom stereocenters. The molecule has 0 radical (unpaired) electrons. The summed E-state index contributed by atoms with van der Waals surface area (Å²) >= 11 is 6.12. The van der Waals surface area contributed by atoms with E-state index in [2.05, 4.69) is 15.3 Å². The van der Waals surface area contributed by atoms with Gasteiger partial charge in [-0.25, -0.2) is 14.8 Å². The first kappa shape index (κ1) is 19.2. The van der Waals surface area contributed by atoms with E-state index in [1.54, 1.807) is 36.3 Å². The molecule has 8 nitrogen and oxygen atoms in total. The average molecular weight is 413 g/mol. The maximum absolute atomic E-state index is 12.7. The number of urea groups is 1. The summed E-state index contributed by atoms with van der Waals surface area (Å²) in [6.07, 6.45) is 1.64. The lowest BCUT2D eigenvalue weighted by molar-refractivity contribution is 0.208. The molecule has 150 valence electrons. The van der Waals surface area contributed by atoms with Gasteiger partial charge in [0.1, 0.15) is 5.52 Å². The van der Waals surface area contributed by atoms with Crippen LogP contribution in [0.2, 0.25) is 5.02 Å². The summed E-state index contributed by atoms with van der Waals surface area (Å²) in [6, 6.07) is 8.87. The van der Waals surface area contributed by atoms with Gasteiger partial charge in [-0.05, 0) is 36.8 Å². The summed E-state index contributed by atoms with van der Waals surface area (Å²) in [5.41, 5.74) is 2.56. The average Bonchev–Trinajstić information content (AvgIpc) is 2.74. The Hall–Kier alpha value is -3.13. The van der Waals surface area contributed by atoms with Crippen LogP contribution < -0.4 is 15.8 Å². The number of amides is 2. The number of pyridine rings is 1. The highest BCUT2D eigenvalue weighted by Crippen LogP contribution is 2.23. The maximum Gasteiger partial charge on any atom is 0.321 e. The smallest absolute Gasteiger partial charge is 0.321 e. The summed E-state index contributed by atoms with van der Waals surface area (Å²) in [7, 11) is 1.69. The normalized spacial score (nSPS) is 14.3. The molecule has 1 aliphatic rings. The molecule has 0 bridgehead atoms. The van der Waals surface area contributed by atoms with E-state index < -0.39 is 0 Å². The van der Waals surface area contributed by atoms with Gasteiger partial charge in [0.2, 0.25) is 0 Å². The molecule has 2 amide bonds. The lowest BCUT2D eigenvalue weighted by atomic mass is 10.2. The third-order valence-electron chi connectivity index (χ3n) is 5.18. The SMILES string of the molecule is Cc1c(Cl)cccc1NC(=O)N1CCN(c2nc3cccnc3n(C)c2=O)CC1. The van der Waals surface area contributed by atoms with E-state index >= 15 is 0 Å². The summed E-state index contributed by atoms with van der Waals surface area (Å²) < 4.78 is 1.51. The lowest BCUT2D eigenvalue weighted by Gasteiger charge is -2.35. The number of hydrogen-bond donors (Lipinski definition) is 1. The molecule has 1 saturated heterocycles. The highest BCUT2D eigenvalue weighted by molar-refractivity contribution is 6.31. The molecule has 2 aromatic heterocycles. The number of carbonyl (C=O) groups excluding carboxylic acids is 1. The predicted octanol–water partition coefficient (Wildman–Crippen LogP) is 2.64. The molecular formula is C20H21ClN6O2. The van der Waals surface area contributed by atoms with E-state index in [-0.39, 0.29) is 11.6 Å². The molecule has 1 fully saturated rings. The minimum atomic E-state index is -0.191. The number of nitrogens with one attached hydrogen (secondary N) is 1. The number of fused-ring (bicyclic) bond motifs is 1. The molecule has 29 heavy (non-hydrogen) atoms. The molecular weight excluding hydrogens is 392 g/mol. The van der Waals surface area contributed by atoms with Crippen LogP contribution in [0, 0.1) is 6.92 Å². The molecule has 3 heterocycles. The molecule has 0 unspecified atom stereocenters. The number of carbonyl (C=O) groups is 1. The van der Waals surface area contributed by atoms with Crippen molar-refractivity contribution in [1.82, 2.24) is 19.4 Å². The Morgan fingerprint density at radius 1 is 1.14 bits per heavy atom. The van der Waals surface area contributed by atoms with Crippen LogP contribution in [0.1, 0.15) is 5.56 Å². The first-order valence-corrected chi connectivity index (χ1v) is 9.71. The number of rotatable bonds is 2. The summed E-state index contributed by atoms with van der Waals surface area (Å²) in [5, 5.41) is 3.53. The van der Waals surface area contributed by atoms with Gasteiger partial charge in [0.05, 0.1) is 0 Å². The van der Waals surface area contributed by atoms with E-state index in [1.165, 1.54) is 4.57 Å². The fraction of sp³-hybridized carbons (Fsp3) is 0.300. The van der Waals surface area contributed by atoms with Gasteiger partial charge in [-0.1, -0.05) is 17.7 Å². The van der Waals surface area contributed by atoms with Crippen molar-refractivity contribution >= 4 is 40.3 Å². The van der Waals surface area contributed by atoms with E-state index in [0.717, 1.165) is 5.56 Å². The molecule has 1 aliphatic heterocycles. The fourth-order valence-electron chi connectivity index (χ4n) is 3.41. The minimum Gasteiger partial charge on any atom is -0.348 e. The van der Waals surface area contributed by atoms with Gasteiger partial charge in [0.25, 0.3) is 5.56 Å². The Bertz CT molecular complexity index is 1140. The fourth-order valence-corrected chi connectivity index (χ4v) is 3.58. The molecule has 4 rings (SSSR count). The Morgan fingerprint density at radius 3 is 2.66 bits per heavy atom. The Morgan fingerprint density at radius 2 is 1.90 bits per heavy atom. The van der Waals surface area contributed by atoms with Crippen molar-refractivity contribution in [2.45, 2.75) is 6.92 Å². The molecule has 1 aromatic carbocycles. The molecule has 9 heteroatoms. The van der Waals surface area contributed by atoms with Gasteiger partial charge in [-0.3, -0.25) is 9.36 Å². The van der Waals surface area contributed by atoms with Crippen LogP contribution in [-0.2, 0) is 7.05 Å². The summed E-state index contributed by atoms with van der Waals surface area (Å²) in [6.45, 7) is 3.89. The van der Waals surface area contributed by atoms with Crippen molar-refractivity contribution < 1.29 is 4.79 Å². The number of nitrogens with zero attached hydrogens (tertiary/aromatic N) is 5. The Labute approximate surface area is 172 Å². The number of benzene rings is 1. The van der Waals surface area contributed by atoms with Crippen molar-refractivity contribution in [2.24, 2.45) is 7.05 Å². The monoisotopic (exact) mass is 412 g/mol. The van der Waals surface area contributed by atoms with Crippen LogP contribution in [-0.4, -0.2) is 51.6 Å². The second-order valence-corrected chi connectivity index (χ2v) is 7.37. The van der Waals surface area contributed by atoms with Crippen molar-refractivity contribution in [1.29, 1.82) is 0 Å². The number of aryl methyl sites for hydroxylation is 1. The highest BCUT2D eigenvalue weighted by Gasteiger charge is 2.25. The second kappa shape index (κ2) is 7.71. The Kier molecular flexibility index (Phi) is 5.10. The molecule has 0 aliphatic carbocycles. The van der Waals surface area contributed by atoms with Crippen LogP contribution in [0.5, 0.6) is 0 Å². The largest absolute Gasteiger partial charge is 0.348 e. The van der Waals surface area contributed by atoms with Gasteiger partial charge in [0.15, 0.2) is 11.5 Å². The number of anilines is 2. The minimum absolute atomic E-state index is 0.182. The van der Waals surface area contributed by atoms with Crippen molar-refractivity contribution in [2.75, 3.05) is 36.4 Å². The quantitative estimate of drug-likeness (QED) is 0.699. The van der Waals surface area contributed by atoms with E-state index in [1.807, 2.05) is 24.0 Å². The van der Waals surface area contributed by atoms with Crippen molar-refractivity contribution in [3.05, 3.63) is 57.5 Å². The molecule has 0 saturated carbocycles. The second-order valence-electron chi connectivity index (χ2n) is 6.96. The van der Waals surface area contributed by atoms with Crippen LogP contribution >= 0.6 is 11.6 Å². The van der Waals surface area contributed by atoms with Crippen molar-refractivity contribution in [3.8, 4) is 0 Å². The van der Waals surface area contributed by atoms with Gasteiger partial charge in [-0.2, -0.15) is 0 Å². The number of hydrogen-bond acceptors (Lipinski definition) is 5. The van der Waals surface area contributed by atoms with Gasteiger partial charge in [-0.15, -0.1) is 0 Å². The summed E-state index contributed by atoms with van der Waals surface area (Å²) in [5.74, 6) is 0.388. The zero-order chi connectivity index (χ0) is 20.5. The van der Waals surface area contributed by atoms with Crippen LogP contribution in [0.4, 0.5) is 16.3 Å². The molecule has 3 aromatic rings. The maximum atomic E-state index is 12.7. The zero-order valence-corrected chi connectivity index (χ0v) is 17.0. The van der Waals surface area contributed by atoms with E-state index in [4.69, 9.17) is 11.6 Å². The topological polar surface area (TPSA) is 83.4 Å². The summed E-state index contributed by atoms with van der Waals surface area (Å²) in [4.78, 5) is 37.7. The van der Waals surface area contributed by atoms with E-state index in [9.17, 15) is 9.59 Å². The standard InChI is InChI=1S/C20H21ClN6O2/c1-13-14(21)5-3-6-15(13)24-20(29)27-11-9-26(10-12-27)18-19(28)25(2)17-16(23-18)7-4-8-22-17/h3-8H,9-12H2,1-2H3,(H,24,29). The zero-order valence-electron chi connectivity index (χ0n) is 16.2. The van der Waals surface area contributed by atoms with Crippen molar-refractivity contribution in [3.63, 3.8) is 0 Å². The predicted molar refractivity (Wildman–Crippen MR) is 114 cm³/mol. The van der Waals surface area contributed by atoms with E-state index in [0.29, 0.717) is 53.9 Å². The van der Waals surface area contributed by atoms with Gasteiger partial charge >= 0.3 is 6.03 Å². The van der Waals surface area contributed by atoms with Gasteiger partial charge < -0.3 is 15.1 Å². The number of piperazine rings is 1. The van der Waals surface area contributed by atoms with Crippen LogP contribution in [0.25, 0.3) is 11.2 Å². The lowest BCUT2D eigenvalue weighted by Crippen LogP contribution is -2.51. The third-order valence-corrected chi connectivity index (χ3v) is 5.59. The van der Waals surface area contributed by atoms with Crippen LogP contribution in [0.3, 0.4) is 0 Å². The Balaban J connectivity index is 1.48. The third kappa shape index (κ3) is 3.63. The molecule has 0 spiro atoms. The van der Waals surface area contributed by atoms with Gasteiger partial charge in [0, 0.05) is 50.1 Å². The highest BCUT2D eigenvalue weighted by atomic mass is 35.5. The first-order chi connectivity index (χ1) is 14.0. The number of aromatic nitrogens is 3. The first-order valence-electron chi connectivity index (χ1n) is 9.33. The van der Waals surface area contributed by atoms with Crippen LogP contribution in [0.15, 0.2) is 41.3 Å². The molecule has 1 N–H and O–H groups in total. The number of halogens is 1.